The van der Waals surface area contributed by atoms with Gasteiger partial charge in [-0.25, -0.2) is 4.98 Å². The summed E-state index contributed by atoms with van der Waals surface area (Å²) in [6.45, 7) is 7.23. The van der Waals surface area contributed by atoms with E-state index >= 15 is 0 Å². The second-order valence-corrected chi connectivity index (χ2v) is 6.00. The van der Waals surface area contributed by atoms with Gasteiger partial charge < -0.3 is 4.98 Å². The largest absolute Gasteiger partial charge is 0.363 e. The van der Waals surface area contributed by atoms with E-state index in [9.17, 15) is 4.79 Å². The number of nitrogens with one attached hydrogen (secondary N) is 1. The molecule has 0 spiro atoms. The molecule has 2 aromatic rings. The maximum Gasteiger partial charge on any atom is 0.187 e. The molecule has 2 heterocycles. The molecule has 2 rings (SSSR count). The van der Waals surface area contributed by atoms with E-state index in [1.165, 1.54) is 0 Å². The third-order valence-corrected chi connectivity index (χ3v) is 3.96. The van der Waals surface area contributed by atoms with Crippen LogP contribution in [0.15, 0.2) is 16.4 Å². The molecule has 0 amide bonds. The molecule has 19 heavy (non-hydrogen) atoms. The second kappa shape index (κ2) is 5.67. The van der Waals surface area contributed by atoms with Crippen molar-refractivity contribution in [2.45, 2.75) is 33.9 Å². The van der Waals surface area contributed by atoms with Crippen LogP contribution in [0.1, 0.15) is 27.5 Å². The molecule has 5 heteroatoms. The number of aromatic nitrogens is 2. The van der Waals surface area contributed by atoms with Crippen molar-refractivity contribution in [2.24, 2.45) is 0 Å². The van der Waals surface area contributed by atoms with Crippen molar-refractivity contribution in [3.05, 3.63) is 49.3 Å². The highest BCUT2D eigenvalue weighted by Crippen LogP contribution is 2.11. The van der Waals surface area contributed by atoms with E-state index in [0.29, 0.717) is 0 Å². The number of nitrogens with zero attached hydrogens (tertiary/aromatic N) is 2. The Balaban J connectivity index is 2.09. The Bertz CT molecular complexity index is 630. The van der Waals surface area contributed by atoms with Gasteiger partial charge in [-0.05, 0) is 27.8 Å². The number of hydrogen-bond donors (Lipinski definition) is 1. The Morgan fingerprint density at radius 3 is 2.68 bits per heavy atom. The summed E-state index contributed by atoms with van der Waals surface area (Å²) in [4.78, 5) is 21.7. The van der Waals surface area contributed by atoms with E-state index in [4.69, 9.17) is 0 Å². The summed E-state index contributed by atoms with van der Waals surface area (Å²) >= 11 is 1.66. The van der Waals surface area contributed by atoms with Crippen LogP contribution < -0.4 is 5.43 Å². The third kappa shape index (κ3) is 3.30. The molecule has 2 aromatic heterocycles. The smallest absolute Gasteiger partial charge is 0.187 e. The molecule has 0 fully saturated rings. The van der Waals surface area contributed by atoms with Gasteiger partial charge in [-0.2, -0.15) is 0 Å². The first-order chi connectivity index (χ1) is 8.97. The van der Waals surface area contributed by atoms with Gasteiger partial charge in [0.2, 0.25) is 0 Å². The van der Waals surface area contributed by atoms with Crippen LogP contribution in [0.5, 0.6) is 0 Å². The van der Waals surface area contributed by atoms with E-state index < -0.39 is 0 Å². The first-order valence-electron chi connectivity index (χ1n) is 6.24. The summed E-state index contributed by atoms with van der Waals surface area (Å²) in [5.41, 5.74) is 3.76. The van der Waals surface area contributed by atoms with Gasteiger partial charge in [-0.3, -0.25) is 9.69 Å². The lowest BCUT2D eigenvalue weighted by Crippen LogP contribution is -2.22. The van der Waals surface area contributed by atoms with Crippen LogP contribution in [0.2, 0.25) is 0 Å². The zero-order chi connectivity index (χ0) is 14.0. The number of H-pyrrole nitrogens is 1. The molecule has 1 N–H and O–H groups in total. The zero-order valence-electron chi connectivity index (χ0n) is 11.8. The van der Waals surface area contributed by atoms with E-state index in [2.05, 4.69) is 20.2 Å². The topological polar surface area (TPSA) is 49.0 Å². The minimum absolute atomic E-state index is 0.131. The average molecular weight is 277 g/mol. The predicted molar refractivity (Wildman–Crippen MR) is 78.6 cm³/mol. The lowest BCUT2D eigenvalue weighted by Gasteiger charge is -2.16. The highest BCUT2D eigenvalue weighted by molar-refractivity contribution is 7.09. The van der Waals surface area contributed by atoms with Gasteiger partial charge in [0.05, 0.1) is 10.7 Å². The predicted octanol–water partition coefficient (Wildman–Crippen LogP) is 2.39. The van der Waals surface area contributed by atoms with Gasteiger partial charge in [-0.15, -0.1) is 11.3 Å². The van der Waals surface area contributed by atoms with E-state index in [-0.39, 0.29) is 5.43 Å². The molecule has 0 unspecified atom stereocenters. The number of aryl methyl sites for hydroxylation is 2. The molecule has 0 aliphatic heterocycles. The zero-order valence-corrected chi connectivity index (χ0v) is 12.6. The molecule has 0 radical (unpaired) electrons. The van der Waals surface area contributed by atoms with Crippen LogP contribution in [0.3, 0.4) is 0 Å². The van der Waals surface area contributed by atoms with E-state index in [1.807, 2.05) is 27.8 Å². The first kappa shape index (κ1) is 14.0. The molecule has 0 aliphatic carbocycles. The molecule has 4 nitrogen and oxygen atoms in total. The molecule has 102 valence electrons. The maximum absolute atomic E-state index is 11.9. The summed E-state index contributed by atoms with van der Waals surface area (Å²) < 4.78 is 0. The Morgan fingerprint density at radius 1 is 1.32 bits per heavy atom. The van der Waals surface area contributed by atoms with Gasteiger partial charge in [0, 0.05) is 41.5 Å². The lowest BCUT2D eigenvalue weighted by atomic mass is 10.1. The molecular formula is C14H19N3OS. The van der Waals surface area contributed by atoms with Crippen molar-refractivity contribution in [3.63, 3.8) is 0 Å². The molecular weight excluding hydrogens is 258 g/mol. The summed E-state index contributed by atoms with van der Waals surface area (Å²) in [7, 11) is 2.03. The van der Waals surface area contributed by atoms with E-state index in [0.717, 1.165) is 40.6 Å². The molecule has 0 atom stereocenters. The van der Waals surface area contributed by atoms with Crippen LogP contribution in [-0.4, -0.2) is 21.9 Å². The van der Waals surface area contributed by atoms with Gasteiger partial charge in [0.25, 0.3) is 0 Å². The molecule has 0 aromatic carbocycles. The number of thiazole rings is 1. The summed E-state index contributed by atoms with van der Waals surface area (Å²) in [5.74, 6) is 0. The molecule has 0 aliphatic rings. The fourth-order valence-corrected chi connectivity index (χ4v) is 2.65. The Morgan fingerprint density at radius 2 is 2.05 bits per heavy atom. The minimum Gasteiger partial charge on any atom is -0.363 e. The summed E-state index contributed by atoms with van der Waals surface area (Å²) in [6.07, 6.45) is 1.78. The average Bonchev–Trinajstić information content (AvgIpc) is 2.75. The number of rotatable bonds is 4. The Kier molecular flexibility index (Phi) is 4.17. The monoisotopic (exact) mass is 277 g/mol. The van der Waals surface area contributed by atoms with Crippen molar-refractivity contribution >= 4 is 11.3 Å². The Labute approximate surface area is 117 Å². The summed E-state index contributed by atoms with van der Waals surface area (Å²) in [5, 5.41) is 3.17. The van der Waals surface area contributed by atoms with Crippen LogP contribution in [0.25, 0.3) is 0 Å². The van der Waals surface area contributed by atoms with Crippen molar-refractivity contribution in [1.82, 2.24) is 14.9 Å². The van der Waals surface area contributed by atoms with Crippen molar-refractivity contribution in [1.29, 1.82) is 0 Å². The van der Waals surface area contributed by atoms with Crippen molar-refractivity contribution in [2.75, 3.05) is 7.05 Å². The van der Waals surface area contributed by atoms with Gasteiger partial charge in [-0.1, -0.05) is 0 Å². The molecule has 0 saturated heterocycles. The lowest BCUT2D eigenvalue weighted by molar-refractivity contribution is 0.311. The maximum atomic E-state index is 11.9. The number of pyridine rings is 1. The normalized spacial score (nSPS) is 11.2. The number of hydrogen-bond acceptors (Lipinski definition) is 4. The van der Waals surface area contributed by atoms with Crippen LogP contribution in [0.4, 0.5) is 0 Å². The highest BCUT2D eigenvalue weighted by Gasteiger charge is 2.09. The fraction of sp³-hybridized carbons (Fsp3) is 0.429. The Hall–Kier alpha value is -1.46. The standard InChI is InChI=1S/C14H19N3OS/c1-9-5-15-13(10(2)14(9)18)7-17(4)6-12-8-19-11(3)16-12/h5,8H,6-7H2,1-4H3,(H,15,18). The third-order valence-electron chi connectivity index (χ3n) is 3.14. The van der Waals surface area contributed by atoms with Crippen LogP contribution in [-0.2, 0) is 13.1 Å². The van der Waals surface area contributed by atoms with Gasteiger partial charge in [0.15, 0.2) is 5.43 Å². The van der Waals surface area contributed by atoms with Crippen molar-refractivity contribution in [3.8, 4) is 0 Å². The fourth-order valence-electron chi connectivity index (χ4n) is 2.05. The van der Waals surface area contributed by atoms with E-state index in [1.54, 1.807) is 17.5 Å². The highest BCUT2D eigenvalue weighted by atomic mass is 32.1. The van der Waals surface area contributed by atoms with Crippen molar-refractivity contribution < 1.29 is 0 Å². The van der Waals surface area contributed by atoms with Gasteiger partial charge >= 0.3 is 0 Å². The number of aromatic amines is 1. The molecule has 0 bridgehead atoms. The summed E-state index contributed by atoms with van der Waals surface area (Å²) in [6, 6.07) is 0. The quantitative estimate of drug-likeness (QED) is 0.933. The second-order valence-electron chi connectivity index (χ2n) is 4.93. The first-order valence-corrected chi connectivity index (χ1v) is 7.12. The van der Waals surface area contributed by atoms with Crippen LogP contribution >= 0.6 is 11.3 Å². The molecule has 0 saturated carbocycles. The minimum atomic E-state index is 0.131. The SMILES string of the molecule is Cc1nc(CN(C)Cc2[nH]cc(C)c(=O)c2C)cs1. The van der Waals surface area contributed by atoms with Crippen LogP contribution in [0, 0.1) is 20.8 Å². The van der Waals surface area contributed by atoms with Gasteiger partial charge in [0.1, 0.15) is 0 Å².